The summed E-state index contributed by atoms with van der Waals surface area (Å²) in [6.45, 7) is 2.44. The van der Waals surface area contributed by atoms with E-state index in [1.165, 1.54) is 0 Å². The van der Waals surface area contributed by atoms with E-state index in [0.717, 1.165) is 0 Å². The number of hydrogen-bond donors (Lipinski definition) is 1. The highest BCUT2D eigenvalue weighted by Gasteiger charge is 2.10. The third-order valence-electron chi connectivity index (χ3n) is 3.10. The minimum atomic E-state index is -0.138. The Morgan fingerprint density at radius 2 is 1.38 bits per heavy atom. The van der Waals surface area contributed by atoms with Crippen LogP contribution >= 0.6 is 0 Å². The van der Waals surface area contributed by atoms with Gasteiger partial charge in [-0.1, -0.05) is 12.1 Å². The van der Waals surface area contributed by atoms with Crippen molar-refractivity contribution < 1.29 is 14.3 Å². The van der Waals surface area contributed by atoms with E-state index in [0.29, 0.717) is 29.0 Å². The van der Waals surface area contributed by atoms with E-state index in [-0.39, 0.29) is 11.7 Å². The maximum atomic E-state index is 12.3. The molecule has 0 aliphatic heterocycles. The average molecular weight is 283 g/mol. The average Bonchev–Trinajstić information content (AvgIpc) is 2.54. The van der Waals surface area contributed by atoms with Crippen molar-refractivity contribution in [2.45, 2.75) is 6.92 Å². The van der Waals surface area contributed by atoms with Crippen LogP contribution in [0.25, 0.3) is 0 Å². The van der Waals surface area contributed by atoms with Crippen molar-refractivity contribution in [3.63, 3.8) is 0 Å². The summed E-state index contributed by atoms with van der Waals surface area (Å²) in [4.78, 5) is 24.0. The molecule has 0 saturated heterocycles. The standard InChI is InChI=1S/C17H17NO3/c1-3-18-17(20)14-6-4-12(5-7-14)16(19)13-8-10-15(21-2)11-9-13/h4-11H,3H2,1-2H3,(H,18,20). The van der Waals surface area contributed by atoms with Crippen LogP contribution in [0.1, 0.15) is 33.2 Å². The van der Waals surface area contributed by atoms with Crippen LogP contribution in [0.5, 0.6) is 5.75 Å². The van der Waals surface area contributed by atoms with Crippen LogP contribution in [0.2, 0.25) is 0 Å². The van der Waals surface area contributed by atoms with Gasteiger partial charge >= 0.3 is 0 Å². The van der Waals surface area contributed by atoms with Gasteiger partial charge in [0.15, 0.2) is 5.78 Å². The van der Waals surface area contributed by atoms with Gasteiger partial charge in [0.25, 0.3) is 5.91 Å². The third-order valence-corrected chi connectivity index (χ3v) is 3.10. The first kappa shape index (κ1) is 14.8. The van der Waals surface area contributed by atoms with Crippen molar-refractivity contribution in [3.05, 3.63) is 65.2 Å². The maximum Gasteiger partial charge on any atom is 0.251 e. The summed E-state index contributed by atoms with van der Waals surface area (Å²) in [5, 5.41) is 2.72. The van der Waals surface area contributed by atoms with Gasteiger partial charge in [0.2, 0.25) is 0 Å². The first-order chi connectivity index (χ1) is 10.2. The molecule has 21 heavy (non-hydrogen) atoms. The molecular weight excluding hydrogens is 266 g/mol. The Kier molecular flexibility index (Phi) is 4.72. The van der Waals surface area contributed by atoms with E-state index < -0.39 is 0 Å². The zero-order chi connectivity index (χ0) is 15.2. The van der Waals surface area contributed by atoms with Gasteiger partial charge in [-0.25, -0.2) is 0 Å². The van der Waals surface area contributed by atoms with Gasteiger partial charge in [-0.05, 0) is 43.3 Å². The summed E-state index contributed by atoms with van der Waals surface area (Å²) in [5.74, 6) is 0.485. The molecule has 0 saturated carbocycles. The van der Waals surface area contributed by atoms with Gasteiger partial charge in [-0.15, -0.1) is 0 Å². The lowest BCUT2D eigenvalue weighted by molar-refractivity contribution is 0.0954. The van der Waals surface area contributed by atoms with Gasteiger partial charge in [0.05, 0.1) is 7.11 Å². The predicted octanol–water partition coefficient (Wildman–Crippen LogP) is 2.68. The van der Waals surface area contributed by atoms with Gasteiger partial charge in [-0.2, -0.15) is 0 Å². The molecule has 1 N–H and O–H groups in total. The molecule has 2 rings (SSSR count). The summed E-state index contributed by atoms with van der Waals surface area (Å²) in [6, 6.07) is 13.6. The number of methoxy groups -OCH3 is 1. The minimum Gasteiger partial charge on any atom is -0.497 e. The van der Waals surface area contributed by atoms with Crippen LogP contribution in [0, 0.1) is 0 Å². The molecule has 2 aromatic rings. The molecule has 2 aromatic carbocycles. The second-order valence-corrected chi connectivity index (χ2v) is 4.49. The summed E-state index contributed by atoms with van der Waals surface area (Å²) in [6.07, 6.45) is 0. The van der Waals surface area contributed by atoms with Crippen molar-refractivity contribution >= 4 is 11.7 Å². The summed E-state index contributed by atoms with van der Waals surface area (Å²) in [5.41, 5.74) is 1.68. The van der Waals surface area contributed by atoms with Gasteiger partial charge in [0.1, 0.15) is 5.75 Å². The molecule has 4 nitrogen and oxygen atoms in total. The number of amides is 1. The van der Waals surface area contributed by atoms with Crippen LogP contribution in [0.4, 0.5) is 0 Å². The Balaban J connectivity index is 2.17. The fourth-order valence-electron chi connectivity index (χ4n) is 1.94. The molecule has 0 aliphatic carbocycles. The predicted molar refractivity (Wildman–Crippen MR) is 80.9 cm³/mol. The summed E-state index contributed by atoms with van der Waals surface area (Å²) in [7, 11) is 1.58. The van der Waals surface area contributed by atoms with Crippen molar-refractivity contribution in [1.29, 1.82) is 0 Å². The molecule has 0 radical (unpaired) electrons. The van der Waals surface area contributed by atoms with Crippen LogP contribution in [-0.4, -0.2) is 25.3 Å². The Morgan fingerprint density at radius 3 is 1.86 bits per heavy atom. The van der Waals surface area contributed by atoms with E-state index in [1.54, 1.807) is 55.6 Å². The smallest absolute Gasteiger partial charge is 0.251 e. The molecule has 0 unspecified atom stereocenters. The molecule has 0 aromatic heterocycles. The van der Waals surface area contributed by atoms with Crippen molar-refractivity contribution in [3.8, 4) is 5.75 Å². The highest BCUT2D eigenvalue weighted by molar-refractivity contribution is 6.09. The lowest BCUT2D eigenvalue weighted by atomic mass is 10.0. The van der Waals surface area contributed by atoms with Crippen molar-refractivity contribution in [1.82, 2.24) is 5.32 Å². The van der Waals surface area contributed by atoms with Gasteiger partial charge in [0, 0.05) is 23.2 Å². The molecule has 4 heteroatoms. The number of carbonyl (C=O) groups excluding carboxylic acids is 2. The molecular formula is C17H17NO3. The number of nitrogens with one attached hydrogen (secondary N) is 1. The molecule has 0 spiro atoms. The van der Waals surface area contributed by atoms with E-state index in [2.05, 4.69) is 5.32 Å². The minimum absolute atomic E-state index is 0.0832. The largest absolute Gasteiger partial charge is 0.497 e. The maximum absolute atomic E-state index is 12.3. The topological polar surface area (TPSA) is 55.4 Å². The van der Waals surface area contributed by atoms with E-state index >= 15 is 0 Å². The Morgan fingerprint density at radius 1 is 0.905 bits per heavy atom. The second kappa shape index (κ2) is 6.70. The molecule has 108 valence electrons. The fourth-order valence-corrected chi connectivity index (χ4v) is 1.94. The SMILES string of the molecule is CCNC(=O)c1ccc(C(=O)c2ccc(OC)cc2)cc1. The first-order valence-corrected chi connectivity index (χ1v) is 6.72. The van der Waals surface area contributed by atoms with Crippen LogP contribution in [-0.2, 0) is 0 Å². The fraction of sp³-hybridized carbons (Fsp3) is 0.176. The second-order valence-electron chi connectivity index (χ2n) is 4.49. The van der Waals surface area contributed by atoms with E-state index in [4.69, 9.17) is 4.74 Å². The number of rotatable bonds is 5. The summed E-state index contributed by atoms with van der Waals surface area (Å²) < 4.78 is 5.06. The number of ketones is 1. The lowest BCUT2D eigenvalue weighted by Gasteiger charge is -2.05. The van der Waals surface area contributed by atoms with Crippen molar-refractivity contribution in [2.75, 3.05) is 13.7 Å². The quantitative estimate of drug-likeness (QED) is 0.858. The molecule has 0 fully saturated rings. The number of hydrogen-bond acceptors (Lipinski definition) is 3. The van der Waals surface area contributed by atoms with Crippen LogP contribution in [0.15, 0.2) is 48.5 Å². The highest BCUT2D eigenvalue weighted by atomic mass is 16.5. The molecule has 0 heterocycles. The zero-order valence-corrected chi connectivity index (χ0v) is 12.1. The third kappa shape index (κ3) is 3.48. The van der Waals surface area contributed by atoms with Gasteiger partial charge in [-0.3, -0.25) is 9.59 Å². The highest BCUT2D eigenvalue weighted by Crippen LogP contribution is 2.15. The molecule has 1 amide bonds. The lowest BCUT2D eigenvalue weighted by Crippen LogP contribution is -2.22. The van der Waals surface area contributed by atoms with Crippen molar-refractivity contribution in [2.24, 2.45) is 0 Å². The Hall–Kier alpha value is -2.62. The van der Waals surface area contributed by atoms with Crippen LogP contribution < -0.4 is 10.1 Å². The number of carbonyl (C=O) groups is 2. The summed E-state index contributed by atoms with van der Waals surface area (Å²) >= 11 is 0. The Labute approximate surface area is 123 Å². The first-order valence-electron chi connectivity index (χ1n) is 6.72. The molecule has 0 atom stereocenters. The molecule has 0 bridgehead atoms. The van der Waals surface area contributed by atoms with Crippen LogP contribution in [0.3, 0.4) is 0 Å². The van der Waals surface area contributed by atoms with E-state index in [1.807, 2.05) is 6.92 Å². The Bertz CT molecular complexity index is 630. The van der Waals surface area contributed by atoms with Gasteiger partial charge < -0.3 is 10.1 Å². The monoisotopic (exact) mass is 283 g/mol. The molecule has 0 aliphatic rings. The van der Waals surface area contributed by atoms with E-state index in [9.17, 15) is 9.59 Å². The number of benzene rings is 2. The number of ether oxygens (including phenoxy) is 1. The normalized spacial score (nSPS) is 10.0. The zero-order valence-electron chi connectivity index (χ0n) is 12.1.